The molecule has 6 nitrogen and oxygen atoms in total. The molecule has 0 fully saturated rings. The fourth-order valence-corrected chi connectivity index (χ4v) is 2.01. The summed E-state index contributed by atoms with van der Waals surface area (Å²) in [7, 11) is 1.38. The number of nitrogens with zero attached hydrogens (tertiary/aromatic N) is 3. The van der Waals surface area contributed by atoms with E-state index in [2.05, 4.69) is 15.6 Å². The highest BCUT2D eigenvalue weighted by Gasteiger charge is 2.19. The molecular formula is C15H19FN4O2. The molecule has 1 amide bonds. The van der Waals surface area contributed by atoms with Crippen LogP contribution in [-0.2, 0) is 6.54 Å². The Labute approximate surface area is 128 Å². The molecule has 0 aliphatic rings. The standard InChI is InChI=1S/C15H19FN4O2/c1-10(2)13(9-20-7-6-17-19-20)18-15(21)11-4-5-14(22-3)12(16)8-11/h4-8,10,13H,9H2,1-3H3,(H,18,21)/t13-/m0/s1. The van der Waals surface area contributed by atoms with Crippen LogP contribution in [0.1, 0.15) is 24.2 Å². The normalized spacial score (nSPS) is 12.2. The first-order valence-electron chi connectivity index (χ1n) is 6.99. The molecule has 0 saturated carbocycles. The smallest absolute Gasteiger partial charge is 0.251 e. The number of nitrogens with one attached hydrogen (secondary N) is 1. The van der Waals surface area contributed by atoms with E-state index >= 15 is 0 Å². The van der Waals surface area contributed by atoms with Crippen molar-refractivity contribution < 1.29 is 13.9 Å². The van der Waals surface area contributed by atoms with Crippen LogP contribution in [0, 0.1) is 11.7 Å². The molecule has 1 atom stereocenters. The van der Waals surface area contributed by atoms with E-state index < -0.39 is 5.82 Å². The number of methoxy groups -OCH3 is 1. The first kappa shape index (κ1) is 15.9. The van der Waals surface area contributed by atoms with E-state index in [0.29, 0.717) is 6.54 Å². The Bertz CT molecular complexity index is 628. The summed E-state index contributed by atoms with van der Waals surface area (Å²) in [5.41, 5.74) is 0.252. The van der Waals surface area contributed by atoms with Crippen LogP contribution in [-0.4, -0.2) is 34.1 Å². The van der Waals surface area contributed by atoms with Crippen molar-refractivity contribution in [2.75, 3.05) is 7.11 Å². The molecule has 0 aliphatic heterocycles. The van der Waals surface area contributed by atoms with Crippen LogP contribution >= 0.6 is 0 Å². The average molecular weight is 306 g/mol. The Morgan fingerprint density at radius 2 is 2.23 bits per heavy atom. The van der Waals surface area contributed by atoms with E-state index in [4.69, 9.17) is 4.74 Å². The molecule has 7 heteroatoms. The van der Waals surface area contributed by atoms with Crippen LogP contribution in [0.2, 0.25) is 0 Å². The lowest BCUT2D eigenvalue weighted by molar-refractivity contribution is 0.0918. The highest BCUT2D eigenvalue weighted by molar-refractivity contribution is 5.94. The number of benzene rings is 1. The Kier molecular flexibility index (Phi) is 5.08. The Hall–Kier alpha value is -2.44. The lowest BCUT2D eigenvalue weighted by Gasteiger charge is -2.22. The van der Waals surface area contributed by atoms with Crippen molar-refractivity contribution in [1.29, 1.82) is 0 Å². The van der Waals surface area contributed by atoms with E-state index in [9.17, 15) is 9.18 Å². The highest BCUT2D eigenvalue weighted by Crippen LogP contribution is 2.18. The quantitative estimate of drug-likeness (QED) is 0.884. The maximum atomic E-state index is 13.7. The van der Waals surface area contributed by atoms with Crippen molar-refractivity contribution in [3.05, 3.63) is 42.0 Å². The summed E-state index contributed by atoms with van der Waals surface area (Å²) in [5, 5.41) is 10.5. The van der Waals surface area contributed by atoms with Crippen LogP contribution in [0.3, 0.4) is 0 Å². The van der Waals surface area contributed by atoms with Crippen LogP contribution in [0.25, 0.3) is 0 Å². The molecule has 22 heavy (non-hydrogen) atoms. The number of aromatic nitrogens is 3. The molecule has 0 unspecified atom stereocenters. The van der Waals surface area contributed by atoms with Gasteiger partial charge in [-0.25, -0.2) is 4.39 Å². The van der Waals surface area contributed by atoms with Gasteiger partial charge in [-0.1, -0.05) is 19.1 Å². The van der Waals surface area contributed by atoms with Gasteiger partial charge in [0.25, 0.3) is 5.91 Å². The van der Waals surface area contributed by atoms with Crippen molar-refractivity contribution >= 4 is 5.91 Å². The second-order valence-electron chi connectivity index (χ2n) is 5.30. The van der Waals surface area contributed by atoms with Gasteiger partial charge in [-0.3, -0.25) is 9.48 Å². The molecule has 2 rings (SSSR count). The van der Waals surface area contributed by atoms with Crippen molar-refractivity contribution in [3.8, 4) is 5.75 Å². The predicted octanol–water partition coefficient (Wildman–Crippen LogP) is 1.88. The number of carbonyl (C=O) groups excluding carboxylic acids is 1. The summed E-state index contributed by atoms with van der Waals surface area (Å²) in [6.07, 6.45) is 3.31. The minimum atomic E-state index is -0.562. The zero-order chi connectivity index (χ0) is 16.1. The molecule has 1 heterocycles. The summed E-state index contributed by atoms with van der Waals surface area (Å²) in [5.74, 6) is -0.594. The van der Waals surface area contributed by atoms with Crippen LogP contribution in [0.15, 0.2) is 30.6 Å². The predicted molar refractivity (Wildman–Crippen MR) is 79.1 cm³/mol. The number of hydrogen-bond donors (Lipinski definition) is 1. The first-order valence-corrected chi connectivity index (χ1v) is 6.99. The Morgan fingerprint density at radius 3 is 2.77 bits per heavy atom. The number of ether oxygens (including phenoxy) is 1. The van der Waals surface area contributed by atoms with Crippen molar-refractivity contribution in [3.63, 3.8) is 0 Å². The number of amides is 1. The second kappa shape index (κ2) is 7.02. The minimum absolute atomic E-state index is 0.111. The molecule has 0 spiro atoms. The topological polar surface area (TPSA) is 69.0 Å². The third-order valence-corrected chi connectivity index (χ3v) is 3.39. The second-order valence-corrected chi connectivity index (χ2v) is 5.30. The van der Waals surface area contributed by atoms with Gasteiger partial charge in [0.1, 0.15) is 0 Å². The van der Waals surface area contributed by atoms with E-state index in [-0.39, 0.29) is 29.2 Å². The Balaban J connectivity index is 2.09. The molecule has 0 bridgehead atoms. The minimum Gasteiger partial charge on any atom is -0.494 e. The zero-order valence-corrected chi connectivity index (χ0v) is 12.8. The molecule has 1 N–H and O–H groups in total. The highest BCUT2D eigenvalue weighted by atomic mass is 19.1. The summed E-state index contributed by atoms with van der Waals surface area (Å²) in [6.45, 7) is 4.50. The number of halogens is 1. The number of hydrogen-bond acceptors (Lipinski definition) is 4. The van der Waals surface area contributed by atoms with E-state index in [1.807, 2.05) is 13.8 Å². The largest absolute Gasteiger partial charge is 0.494 e. The summed E-state index contributed by atoms with van der Waals surface area (Å²) in [6, 6.07) is 4.00. The molecule has 0 aliphatic carbocycles. The lowest BCUT2D eigenvalue weighted by atomic mass is 10.0. The molecular weight excluding hydrogens is 287 g/mol. The van der Waals surface area contributed by atoms with Crippen LogP contribution in [0.4, 0.5) is 4.39 Å². The van der Waals surface area contributed by atoms with E-state index in [0.717, 1.165) is 0 Å². The zero-order valence-electron chi connectivity index (χ0n) is 12.8. The van der Waals surface area contributed by atoms with E-state index in [1.165, 1.54) is 25.3 Å². The molecule has 0 radical (unpaired) electrons. The lowest BCUT2D eigenvalue weighted by Crippen LogP contribution is -2.41. The van der Waals surface area contributed by atoms with Gasteiger partial charge >= 0.3 is 0 Å². The molecule has 118 valence electrons. The number of carbonyl (C=O) groups is 1. The fourth-order valence-electron chi connectivity index (χ4n) is 2.01. The van der Waals surface area contributed by atoms with Gasteiger partial charge in [0.05, 0.1) is 25.9 Å². The van der Waals surface area contributed by atoms with Gasteiger partial charge in [-0.05, 0) is 24.1 Å². The molecule has 1 aromatic heterocycles. The summed E-state index contributed by atoms with van der Waals surface area (Å²) >= 11 is 0. The fraction of sp³-hybridized carbons (Fsp3) is 0.400. The molecule has 1 aromatic carbocycles. The van der Waals surface area contributed by atoms with Gasteiger partial charge in [0, 0.05) is 11.8 Å². The van der Waals surface area contributed by atoms with Crippen LogP contribution < -0.4 is 10.1 Å². The molecule has 0 saturated heterocycles. The number of rotatable bonds is 6. The third kappa shape index (κ3) is 3.81. The maximum absolute atomic E-state index is 13.7. The van der Waals surface area contributed by atoms with Gasteiger partial charge < -0.3 is 10.1 Å². The van der Waals surface area contributed by atoms with Crippen molar-refractivity contribution in [2.45, 2.75) is 26.4 Å². The third-order valence-electron chi connectivity index (χ3n) is 3.39. The summed E-state index contributed by atoms with van der Waals surface area (Å²) in [4.78, 5) is 12.3. The van der Waals surface area contributed by atoms with Gasteiger partial charge in [0.15, 0.2) is 11.6 Å². The van der Waals surface area contributed by atoms with Gasteiger partial charge in [0.2, 0.25) is 0 Å². The monoisotopic (exact) mass is 306 g/mol. The Morgan fingerprint density at radius 1 is 1.45 bits per heavy atom. The van der Waals surface area contributed by atoms with Crippen LogP contribution in [0.5, 0.6) is 5.75 Å². The SMILES string of the molecule is COc1ccc(C(=O)N[C@@H](Cn2ccnn2)C(C)C)cc1F. The van der Waals surface area contributed by atoms with Gasteiger partial charge in [-0.2, -0.15) is 0 Å². The average Bonchev–Trinajstić information content (AvgIpc) is 2.99. The van der Waals surface area contributed by atoms with Crippen molar-refractivity contribution in [2.24, 2.45) is 5.92 Å². The van der Waals surface area contributed by atoms with Crippen molar-refractivity contribution in [1.82, 2.24) is 20.3 Å². The summed E-state index contributed by atoms with van der Waals surface area (Å²) < 4.78 is 20.2. The van der Waals surface area contributed by atoms with E-state index in [1.54, 1.807) is 17.1 Å². The van der Waals surface area contributed by atoms with Gasteiger partial charge in [-0.15, -0.1) is 5.10 Å². The molecule has 2 aromatic rings. The maximum Gasteiger partial charge on any atom is 0.251 e. The first-order chi connectivity index (χ1) is 10.5.